The molecule has 2 aliphatic heterocycles. The van der Waals surface area contributed by atoms with Gasteiger partial charge >= 0.3 is 5.97 Å². The number of hydrogen-bond acceptors (Lipinski definition) is 11. The fraction of sp³-hybridized carbons (Fsp3) is 0.423. The molecule has 1 unspecified atom stereocenters. The van der Waals surface area contributed by atoms with Crippen molar-refractivity contribution in [3.05, 3.63) is 64.7 Å². The molecule has 0 radical (unpaired) electrons. The SMILES string of the molecule is CNC(=O)C(O)(CCC=O)N1C(=O)c2cccc(OC(O)(O)c3ccc(CN4CCOCC4)cc3)c2C1(O)O. The number of benzene rings is 2. The minimum Gasteiger partial charge on any atom is -0.435 e. The molecule has 2 amide bonds. The van der Waals surface area contributed by atoms with Gasteiger partial charge in [-0.25, -0.2) is 4.90 Å². The van der Waals surface area contributed by atoms with Crippen LogP contribution in [0.4, 0.5) is 0 Å². The maximum atomic E-state index is 13.2. The van der Waals surface area contributed by atoms with Gasteiger partial charge in [0.05, 0.1) is 29.9 Å². The predicted octanol–water partition coefficient (Wildman–Crippen LogP) is -1.34. The summed E-state index contributed by atoms with van der Waals surface area (Å²) in [6, 6.07) is 9.89. The molecule has 2 heterocycles. The number of carbonyl (C=O) groups excluding carboxylic acids is 3. The number of aldehydes is 1. The normalized spacial score (nSPS) is 18.8. The van der Waals surface area contributed by atoms with Crippen molar-refractivity contribution < 1.29 is 49.4 Å². The summed E-state index contributed by atoms with van der Waals surface area (Å²) < 4.78 is 10.7. The third-order valence-corrected chi connectivity index (χ3v) is 6.77. The van der Waals surface area contributed by atoms with Gasteiger partial charge in [-0.1, -0.05) is 18.2 Å². The van der Waals surface area contributed by atoms with Crippen LogP contribution < -0.4 is 10.1 Å². The van der Waals surface area contributed by atoms with Crippen LogP contribution in [-0.4, -0.2) is 92.5 Å². The van der Waals surface area contributed by atoms with E-state index in [0.717, 1.165) is 31.8 Å². The molecule has 2 aromatic carbocycles. The first-order valence-electron chi connectivity index (χ1n) is 12.3. The van der Waals surface area contributed by atoms with E-state index < -0.39 is 47.2 Å². The van der Waals surface area contributed by atoms with Crippen molar-refractivity contribution in [2.45, 2.75) is 37.0 Å². The highest BCUT2D eigenvalue weighted by Crippen LogP contribution is 2.46. The highest BCUT2D eigenvalue weighted by Gasteiger charge is 2.60. The van der Waals surface area contributed by atoms with Gasteiger partial charge in [0.2, 0.25) is 5.72 Å². The van der Waals surface area contributed by atoms with Gasteiger partial charge in [-0.15, -0.1) is 0 Å². The number of hydrogen-bond donors (Lipinski definition) is 6. The lowest BCUT2D eigenvalue weighted by atomic mass is 10.0. The topological polar surface area (TPSA) is 189 Å². The van der Waals surface area contributed by atoms with Crippen molar-refractivity contribution in [1.29, 1.82) is 0 Å². The number of amides is 2. The van der Waals surface area contributed by atoms with Crippen molar-refractivity contribution in [3.8, 4) is 5.75 Å². The van der Waals surface area contributed by atoms with Gasteiger partial charge in [-0.05, 0) is 29.8 Å². The highest BCUT2D eigenvalue weighted by atomic mass is 16.8. The van der Waals surface area contributed by atoms with Crippen LogP contribution in [0.2, 0.25) is 0 Å². The second-order valence-corrected chi connectivity index (χ2v) is 9.35. The highest BCUT2D eigenvalue weighted by molar-refractivity contribution is 6.03. The molecular weight excluding hydrogens is 514 g/mol. The molecule has 1 saturated heterocycles. The number of nitrogens with one attached hydrogen (secondary N) is 1. The third-order valence-electron chi connectivity index (χ3n) is 6.77. The van der Waals surface area contributed by atoms with Crippen molar-refractivity contribution in [2.24, 2.45) is 0 Å². The number of ether oxygens (including phenoxy) is 2. The maximum Gasteiger partial charge on any atom is 0.351 e. The molecule has 0 saturated carbocycles. The van der Waals surface area contributed by atoms with E-state index in [0.29, 0.717) is 26.0 Å². The number of likely N-dealkylation sites (N-methyl/N-ethyl adjacent to an activating group) is 1. The molecule has 39 heavy (non-hydrogen) atoms. The number of nitrogens with zero attached hydrogens (tertiary/aromatic N) is 2. The van der Waals surface area contributed by atoms with E-state index >= 15 is 0 Å². The molecule has 13 heteroatoms. The summed E-state index contributed by atoms with van der Waals surface area (Å²) in [6.45, 7) is 3.46. The first kappa shape index (κ1) is 28.6. The monoisotopic (exact) mass is 545 g/mol. The number of fused-ring (bicyclic) bond motifs is 1. The molecule has 0 aromatic heterocycles. The molecule has 1 fully saturated rings. The van der Waals surface area contributed by atoms with E-state index in [4.69, 9.17) is 9.47 Å². The number of rotatable bonds is 10. The average molecular weight is 546 g/mol. The summed E-state index contributed by atoms with van der Waals surface area (Å²) in [5, 5.41) is 56.9. The largest absolute Gasteiger partial charge is 0.435 e. The molecule has 2 aromatic rings. The molecule has 210 valence electrons. The zero-order valence-electron chi connectivity index (χ0n) is 21.2. The summed E-state index contributed by atoms with van der Waals surface area (Å²) in [5.74, 6) is -9.13. The van der Waals surface area contributed by atoms with Gasteiger partial charge in [-0.2, -0.15) is 0 Å². The molecule has 4 rings (SSSR count). The van der Waals surface area contributed by atoms with E-state index in [-0.39, 0.29) is 22.4 Å². The summed E-state index contributed by atoms with van der Waals surface area (Å²) >= 11 is 0. The van der Waals surface area contributed by atoms with Crippen molar-refractivity contribution >= 4 is 18.1 Å². The maximum absolute atomic E-state index is 13.2. The zero-order valence-corrected chi connectivity index (χ0v) is 21.2. The lowest BCUT2D eigenvalue weighted by molar-refractivity contribution is -0.314. The lowest BCUT2D eigenvalue weighted by Crippen LogP contribution is -2.64. The molecule has 1 atom stereocenters. The number of aliphatic hydroxyl groups is 5. The predicted molar refractivity (Wildman–Crippen MR) is 132 cm³/mol. The Kier molecular flexibility index (Phi) is 8.04. The minimum atomic E-state index is -3.33. The molecule has 13 nitrogen and oxygen atoms in total. The lowest BCUT2D eigenvalue weighted by Gasteiger charge is -2.41. The minimum absolute atomic E-state index is 0.0821. The Hall–Kier alpha value is -3.43. The van der Waals surface area contributed by atoms with Crippen molar-refractivity contribution in [1.82, 2.24) is 15.1 Å². The molecule has 0 spiro atoms. The fourth-order valence-corrected chi connectivity index (χ4v) is 4.78. The molecule has 0 bridgehead atoms. The quantitative estimate of drug-likeness (QED) is 0.153. The summed E-state index contributed by atoms with van der Waals surface area (Å²) in [6.07, 6.45) is -0.637. The number of carbonyl (C=O) groups is 3. The van der Waals surface area contributed by atoms with E-state index in [1.54, 1.807) is 12.1 Å². The summed E-state index contributed by atoms with van der Waals surface area (Å²) in [7, 11) is 1.16. The van der Waals surface area contributed by atoms with Crippen LogP contribution in [0.3, 0.4) is 0 Å². The van der Waals surface area contributed by atoms with Crippen molar-refractivity contribution in [2.75, 3.05) is 33.4 Å². The molecule has 0 aliphatic carbocycles. The molecule has 6 N–H and O–H groups in total. The Balaban J connectivity index is 1.63. The smallest absolute Gasteiger partial charge is 0.351 e. The first-order valence-corrected chi connectivity index (χ1v) is 12.3. The van der Waals surface area contributed by atoms with Gasteiger partial charge < -0.3 is 45.1 Å². The van der Waals surface area contributed by atoms with Gasteiger partial charge in [0.15, 0.2) is 0 Å². The Bertz CT molecular complexity index is 1230. The van der Waals surface area contributed by atoms with Crippen LogP contribution >= 0.6 is 0 Å². The summed E-state index contributed by atoms with van der Waals surface area (Å²) in [4.78, 5) is 39.0. The Morgan fingerprint density at radius 3 is 2.41 bits per heavy atom. The second-order valence-electron chi connectivity index (χ2n) is 9.35. The van der Waals surface area contributed by atoms with Gasteiger partial charge in [0, 0.05) is 39.5 Å². The van der Waals surface area contributed by atoms with E-state index in [9.17, 15) is 39.9 Å². The van der Waals surface area contributed by atoms with Crippen LogP contribution in [0.15, 0.2) is 42.5 Å². The van der Waals surface area contributed by atoms with E-state index in [1.807, 2.05) is 0 Å². The Labute approximate surface area is 223 Å². The van der Waals surface area contributed by atoms with E-state index in [2.05, 4.69) is 10.2 Å². The number of morpholine rings is 1. The standard InChI is InChI=1S/C26H31N3O10/c1-27-23(32)24(33,10-3-13-30)29-22(31)19-4-2-5-20(21(19)25(29,34)35)39-26(36,37)18-8-6-17(7-9-18)16-28-11-14-38-15-12-28/h2,4-9,13,33-37H,3,10-12,14-16H2,1H3,(H,27,32). The zero-order chi connectivity index (χ0) is 28.4. The molecule has 2 aliphatic rings. The molecular formula is C26H31N3O10. The fourth-order valence-electron chi connectivity index (χ4n) is 4.78. The second kappa shape index (κ2) is 11.0. The van der Waals surface area contributed by atoms with Gasteiger partial charge in [-0.3, -0.25) is 14.5 Å². The third kappa shape index (κ3) is 5.38. The van der Waals surface area contributed by atoms with Crippen LogP contribution in [0, 0.1) is 0 Å². The van der Waals surface area contributed by atoms with Crippen LogP contribution in [0.1, 0.15) is 39.9 Å². The van der Waals surface area contributed by atoms with Crippen LogP contribution in [-0.2, 0) is 32.8 Å². The average Bonchev–Trinajstić information content (AvgIpc) is 3.13. The van der Waals surface area contributed by atoms with Crippen molar-refractivity contribution in [3.63, 3.8) is 0 Å². The van der Waals surface area contributed by atoms with Crippen LogP contribution in [0.25, 0.3) is 0 Å². The first-order chi connectivity index (χ1) is 18.5. The van der Waals surface area contributed by atoms with E-state index in [1.165, 1.54) is 24.3 Å². The summed E-state index contributed by atoms with van der Waals surface area (Å²) in [5.41, 5.74) is -3.01. The van der Waals surface area contributed by atoms with Gasteiger partial charge in [0.1, 0.15) is 12.0 Å². The van der Waals surface area contributed by atoms with Gasteiger partial charge in [0.25, 0.3) is 17.7 Å². The Morgan fingerprint density at radius 1 is 1.13 bits per heavy atom. The van der Waals surface area contributed by atoms with Crippen LogP contribution in [0.5, 0.6) is 5.75 Å². The Morgan fingerprint density at radius 2 is 1.79 bits per heavy atom.